The molecule has 2 aliphatic rings. The molecule has 0 spiro atoms. The number of hydrogen-bond donors (Lipinski definition) is 1. The Hall–Kier alpha value is -2.90. The van der Waals surface area contributed by atoms with Crippen molar-refractivity contribution in [3.05, 3.63) is 57.9 Å². The Morgan fingerprint density at radius 3 is 2.75 bits per heavy atom. The fourth-order valence-corrected chi connectivity index (χ4v) is 4.86. The second kappa shape index (κ2) is 8.56. The van der Waals surface area contributed by atoms with Gasteiger partial charge in [-0.3, -0.25) is 14.9 Å². The van der Waals surface area contributed by atoms with Crippen molar-refractivity contribution in [2.24, 2.45) is 5.92 Å². The molecule has 6 nitrogen and oxygen atoms in total. The van der Waals surface area contributed by atoms with E-state index in [2.05, 4.69) is 16.4 Å². The van der Waals surface area contributed by atoms with Crippen molar-refractivity contribution in [2.75, 3.05) is 23.4 Å². The molecule has 3 aromatic rings. The number of amides is 2. The van der Waals surface area contributed by atoms with Gasteiger partial charge in [-0.1, -0.05) is 17.7 Å². The third kappa shape index (κ3) is 4.36. The summed E-state index contributed by atoms with van der Waals surface area (Å²) in [5.74, 6) is 0.778. The van der Waals surface area contributed by atoms with E-state index in [0.717, 1.165) is 47.6 Å². The van der Waals surface area contributed by atoms with Gasteiger partial charge in [0.2, 0.25) is 5.91 Å². The highest BCUT2D eigenvalue weighted by atomic mass is 35.5. The molecule has 1 N–H and O–H groups in total. The zero-order valence-corrected chi connectivity index (χ0v) is 19.1. The lowest BCUT2D eigenvalue weighted by Gasteiger charge is -2.17. The van der Waals surface area contributed by atoms with Crippen molar-refractivity contribution in [3.63, 3.8) is 0 Å². The van der Waals surface area contributed by atoms with Crippen molar-refractivity contribution in [1.29, 1.82) is 0 Å². The van der Waals surface area contributed by atoms with Gasteiger partial charge in [-0.2, -0.15) is 0 Å². The van der Waals surface area contributed by atoms with E-state index in [1.54, 1.807) is 24.3 Å². The zero-order chi connectivity index (χ0) is 22.2. The highest BCUT2D eigenvalue weighted by Gasteiger charge is 2.36. The van der Waals surface area contributed by atoms with Crippen molar-refractivity contribution >= 4 is 45.6 Å². The number of carbonyl (C=O) groups excluding carboxylic acids is 2. The van der Waals surface area contributed by atoms with E-state index in [1.165, 1.54) is 16.9 Å². The lowest BCUT2D eigenvalue weighted by molar-refractivity contribution is -0.120. The molecule has 1 aliphatic heterocycles. The largest absolute Gasteiger partial charge is 0.484 e. The molecule has 32 heavy (non-hydrogen) atoms. The average Bonchev–Trinajstić information content (AvgIpc) is 3.45. The van der Waals surface area contributed by atoms with E-state index in [9.17, 15) is 9.59 Å². The van der Waals surface area contributed by atoms with E-state index in [-0.39, 0.29) is 24.3 Å². The van der Waals surface area contributed by atoms with Crippen LogP contribution in [0, 0.1) is 12.8 Å². The molecule has 0 bridgehead atoms. The number of benzene rings is 2. The number of halogens is 1. The molecule has 2 heterocycles. The van der Waals surface area contributed by atoms with Crippen LogP contribution in [0.3, 0.4) is 0 Å². The van der Waals surface area contributed by atoms with Crippen LogP contribution in [0.25, 0.3) is 11.3 Å². The summed E-state index contributed by atoms with van der Waals surface area (Å²) in [5.41, 5.74) is 4.03. The number of nitrogens with one attached hydrogen (secondary N) is 1. The molecule has 1 aromatic heterocycles. The fraction of sp³-hybridized carbons (Fsp3) is 0.292. The van der Waals surface area contributed by atoms with Gasteiger partial charge in [0.1, 0.15) is 5.75 Å². The number of carbonyl (C=O) groups is 2. The molecule has 1 saturated carbocycles. The fourth-order valence-electron chi connectivity index (χ4n) is 3.88. The lowest BCUT2D eigenvalue weighted by Crippen LogP contribution is -2.30. The molecule has 0 atom stereocenters. The summed E-state index contributed by atoms with van der Waals surface area (Å²) in [5, 5.41) is 3.96. The van der Waals surface area contributed by atoms with Gasteiger partial charge < -0.3 is 9.64 Å². The Labute approximate surface area is 195 Å². The van der Waals surface area contributed by atoms with Crippen LogP contribution in [0.5, 0.6) is 5.75 Å². The first-order valence-corrected chi connectivity index (χ1v) is 11.8. The number of aromatic nitrogens is 1. The van der Waals surface area contributed by atoms with E-state index in [0.29, 0.717) is 15.9 Å². The molecule has 1 fully saturated rings. The van der Waals surface area contributed by atoms with E-state index in [4.69, 9.17) is 16.3 Å². The summed E-state index contributed by atoms with van der Waals surface area (Å²) in [7, 11) is 0. The molecule has 0 radical (unpaired) electrons. The Morgan fingerprint density at radius 2 is 2.00 bits per heavy atom. The first-order valence-electron chi connectivity index (χ1n) is 10.6. The van der Waals surface area contributed by atoms with Gasteiger partial charge in [-0.15, -0.1) is 11.3 Å². The Bertz CT molecular complexity index is 1190. The number of fused-ring (bicyclic) bond motifs is 1. The minimum absolute atomic E-state index is 0.112. The highest BCUT2D eigenvalue weighted by molar-refractivity contribution is 7.16. The monoisotopic (exact) mass is 467 g/mol. The maximum atomic E-state index is 12.5. The third-order valence-electron chi connectivity index (χ3n) is 5.67. The van der Waals surface area contributed by atoms with E-state index < -0.39 is 0 Å². The molecule has 0 saturated heterocycles. The summed E-state index contributed by atoms with van der Waals surface area (Å²) < 4.78 is 5.49. The van der Waals surface area contributed by atoms with Gasteiger partial charge in [0.05, 0.1) is 5.69 Å². The second-order valence-electron chi connectivity index (χ2n) is 8.07. The van der Waals surface area contributed by atoms with Gasteiger partial charge in [-0.25, -0.2) is 4.98 Å². The van der Waals surface area contributed by atoms with E-state index >= 15 is 0 Å². The number of hydrogen-bond acceptors (Lipinski definition) is 5. The summed E-state index contributed by atoms with van der Waals surface area (Å²) in [6.07, 6.45) is 2.89. The van der Waals surface area contributed by atoms with Crippen LogP contribution in [0.15, 0.2) is 42.5 Å². The quantitative estimate of drug-likeness (QED) is 0.548. The Kier molecular flexibility index (Phi) is 5.61. The Morgan fingerprint density at radius 1 is 1.22 bits per heavy atom. The summed E-state index contributed by atoms with van der Waals surface area (Å²) in [6, 6.07) is 13.0. The first-order chi connectivity index (χ1) is 15.5. The SMILES string of the molecule is Cc1sc(NC(=O)COc2ccc(Cl)cc2)nc1-c1ccc2c(c1)CCN2C(=O)C1CC1. The minimum Gasteiger partial charge on any atom is -0.484 e. The maximum Gasteiger partial charge on any atom is 0.264 e. The van der Waals surface area contributed by atoms with Crippen molar-refractivity contribution in [3.8, 4) is 17.0 Å². The van der Waals surface area contributed by atoms with Crippen LogP contribution < -0.4 is 15.0 Å². The highest BCUT2D eigenvalue weighted by Crippen LogP contribution is 2.39. The smallest absolute Gasteiger partial charge is 0.264 e. The van der Waals surface area contributed by atoms with Gasteiger partial charge >= 0.3 is 0 Å². The predicted molar refractivity (Wildman–Crippen MR) is 127 cm³/mol. The molecule has 2 aromatic carbocycles. The predicted octanol–water partition coefficient (Wildman–Crippen LogP) is 5.09. The normalized spacial score (nSPS) is 14.9. The molecule has 0 unspecified atom stereocenters. The second-order valence-corrected chi connectivity index (χ2v) is 9.71. The van der Waals surface area contributed by atoms with Crippen LogP contribution in [0.1, 0.15) is 23.3 Å². The summed E-state index contributed by atoms with van der Waals surface area (Å²) >= 11 is 7.29. The van der Waals surface area contributed by atoms with Crippen molar-refractivity contribution < 1.29 is 14.3 Å². The van der Waals surface area contributed by atoms with Gasteiger partial charge in [-0.05, 0) is 68.1 Å². The van der Waals surface area contributed by atoms with Crippen LogP contribution in [-0.2, 0) is 16.0 Å². The maximum absolute atomic E-state index is 12.5. The van der Waals surface area contributed by atoms with Crippen LogP contribution in [-0.4, -0.2) is 29.9 Å². The molecule has 164 valence electrons. The van der Waals surface area contributed by atoms with Gasteiger partial charge in [0.25, 0.3) is 5.91 Å². The molecule has 2 amide bonds. The topological polar surface area (TPSA) is 71.5 Å². The van der Waals surface area contributed by atoms with Crippen LogP contribution in [0.4, 0.5) is 10.8 Å². The number of thiazole rings is 1. The summed E-state index contributed by atoms with van der Waals surface area (Å²) in [4.78, 5) is 32.4. The number of rotatable bonds is 6. The standard InChI is InChI=1S/C24H22ClN3O3S/c1-14-22(17-4-9-20-16(12-17)10-11-28(20)23(30)15-2-3-15)27-24(32-14)26-21(29)13-31-19-7-5-18(25)6-8-19/h4-9,12,15H,2-3,10-11,13H2,1H3,(H,26,27,29). The van der Waals surface area contributed by atoms with Crippen LogP contribution in [0.2, 0.25) is 5.02 Å². The Balaban J connectivity index is 1.26. The molecule has 1 aliphatic carbocycles. The first kappa shape index (κ1) is 21.0. The molecular weight excluding hydrogens is 446 g/mol. The zero-order valence-electron chi connectivity index (χ0n) is 17.6. The molecular formula is C24H22ClN3O3S. The van der Waals surface area contributed by atoms with Gasteiger partial charge in [0.15, 0.2) is 11.7 Å². The van der Waals surface area contributed by atoms with Crippen LogP contribution >= 0.6 is 22.9 Å². The number of aryl methyl sites for hydroxylation is 1. The average molecular weight is 468 g/mol. The lowest BCUT2D eigenvalue weighted by atomic mass is 10.1. The number of ether oxygens (including phenoxy) is 1. The molecule has 5 rings (SSSR count). The minimum atomic E-state index is -0.275. The van der Waals surface area contributed by atoms with E-state index in [1.807, 2.05) is 24.0 Å². The molecule has 8 heteroatoms. The van der Waals surface area contributed by atoms with Crippen molar-refractivity contribution in [2.45, 2.75) is 26.2 Å². The van der Waals surface area contributed by atoms with Crippen molar-refractivity contribution in [1.82, 2.24) is 4.98 Å². The number of anilines is 2. The number of nitrogens with zero attached hydrogens (tertiary/aromatic N) is 2. The summed E-state index contributed by atoms with van der Waals surface area (Å²) in [6.45, 7) is 2.63. The third-order valence-corrected chi connectivity index (χ3v) is 6.81. The van der Waals surface area contributed by atoms with Gasteiger partial charge in [0, 0.05) is 33.6 Å².